The molecule has 2 heterocycles. The molecule has 3 rings (SSSR count). The second kappa shape index (κ2) is 8.63. The maximum Gasteiger partial charge on any atom is 0.254 e. The topological polar surface area (TPSA) is 146 Å². The van der Waals surface area contributed by atoms with Crippen molar-refractivity contribution in [2.75, 3.05) is 30.4 Å². The van der Waals surface area contributed by atoms with Crippen molar-refractivity contribution in [3.05, 3.63) is 36.2 Å². The van der Waals surface area contributed by atoms with Crippen molar-refractivity contribution >= 4 is 34.3 Å². The van der Waals surface area contributed by atoms with Gasteiger partial charge in [-0.05, 0) is 19.1 Å². The van der Waals surface area contributed by atoms with E-state index in [1.54, 1.807) is 10.9 Å². The first-order valence-corrected chi connectivity index (χ1v) is 8.91. The Balaban J connectivity index is 1.84. The van der Waals surface area contributed by atoms with Gasteiger partial charge < -0.3 is 26.8 Å². The van der Waals surface area contributed by atoms with Crippen LogP contribution < -0.4 is 22.1 Å². The molecule has 28 heavy (non-hydrogen) atoms. The number of primary amides is 1. The fraction of sp³-hybridized carbons (Fsp3) is 0.333. The second-order valence-electron chi connectivity index (χ2n) is 6.25. The minimum absolute atomic E-state index is 0.185. The summed E-state index contributed by atoms with van der Waals surface area (Å²) in [7, 11) is 1.86. The molecule has 1 atom stereocenters. The Labute approximate surface area is 162 Å². The molecule has 1 aromatic carbocycles. The smallest absolute Gasteiger partial charge is 0.254 e. The van der Waals surface area contributed by atoms with Gasteiger partial charge in [-0.3, -0.25) is 9.48 Å². The van der Waals surface area contributed by atoms with Crippen molar-refractivity contribution in [3.63, 3.8) is 0 Å². The number of hydrogen-bond donors (Lipinski definition) is 4. The van der Waals surface area contributed by atoms with Gasteiger partial charge in [-0.15, -0.1) is 0 Å². The van der Waals surface area contributed by atoms with Gasteiger partial charge in [0.25, 0.3) is 5.91 Å². The van der Waals surface area contributed by atoms with Crippen LogP contribution in [0.4, 0.5) is 17.5 Å². The predicted molar refractivity (Wildman–Crippen MR) is 108 cm³/mol. The molecule has 2 aromatic heterocycles. The first kappa shape index (κ1) is 19.5. The number of rotatable bonds is 9. The summed E-state index contributed by atoms with van der Waals surface area (Å²) < 4.78 is 7.06. The summed E-state index contributed by atoms with van der Waals surface area (Å²) in [5.41, 5.74) is 13.3. The van der Waals surface area contributed by atoms with Gasteiger partial charge in [0.1, 0.15) is 11.4 Å². The van der Waals surface area contributed by atoms with Crippen LogP contribution in [0.2, 0.25) is 0 Å². The van der Waals surface area contributed by atoms with Crippen LogP contribution in [0.25, 0.3) is 10.9 Å². The van der Waals surface area contributed by atoms with Gasteiger partial charge in [-0.25, -0.2) is 4.98 Å². The van der Waals surface area contributed by atoms with Crippen molar-refractivity contribution in [2.45, 2.75) is 13.0 Å². The quantitative estimate of drug-likeness (QED) is 0.427. The largest absolute Gasteiger partial charge is 0.380 e. The van der Waals surface area contributed by atoms with E-state index in [0.29, 0.717) is 31.5 Å². The van der Waals surface area contributed by atoms with Crippen molar-refractivity contribution in [3.8, 4) is 0 Å². The van der Waals surface area contributed by atoms with Crippen LogP contribution in [0.3, 0.4) is 0 Å². The number of amides is 1. The molecule has 148 valence electrons. The van der Waals surface area contributed by atoms with Gasteiger partial charge in [0.15, 0.2) is 0 Å². The molecule has 0 bridgehead atoms. The monoisotopic (exact) mass is 384 g/mol. The highest BCUT2D eigenvalue weighted by molar-refractivity contribution is 6.00. The fourth-order valence-corrected chi connectivity index (χ4v) is 2.71. The molecule has 10 heteroatoms. The number of nitrogens with one attached hydrogen (secondary N) is 2. The standard InChI is InChI=1S/C18H24N8O2/c1-3-28-10-11(19)7-21-18-22-8-13(16(20)27)17(25-18)24-14-5-4-6-15-12(14)9-23-26(15)2/h4-6,8-9,11H,3,7,10,19H2,1-2H3,(H2,20,27)(H2,21,22,24,25). The summed E-state index contributed by atoms with van der Waals surface area (Å²) in [5, 5.41) is 11.4. The molecule has 0 aliphatic rings. The van der Waals surface area contributed by atoms with Crippen molar-refractivity contribution in [1.29, 1.82) is 0 Å². The zero-order valence-electron chi connectivity index (χ0n) is 15.8. The van der Waals surface area contributed by atoms with Gasteiger partial charge in [-0.1, -0.05) is 6.07 Å². The molecule has 0 aliphatic heterocycles. The normalized spacial score (nSPS) is 12.1. The molecule has 10 nitrogen and oxygen atoms in total. The average molecular weight is 384 g/mol. The number of benzene rings is 1. The molecule has 1 unspecified atom stereocenters. The lowest BCUT2D eigenvalue weighted by atomic mass is 10.2. The van der Waals surface area contributed by atoms with Gasteiger partial charge in [0.2, 0.25) is 5.95 Å². The van der Waals surface area contributed by atoms with E-state index in [0.717, 1.165) is 16.6 Å². The van der Waals surface area contributed by atoms with Crippen molar-refractivity contribution in [2.24, 2.45) is 18.5 Å². The Bertz CT molecular complexity index is 971. The summed E-state index contributed by atoms with van der Waals surface area (Å²) in [4.78, 5) is 20.3. The fourth-order valence-electron chi connectivity index (χ4n) is 2.71. The predicted octanol–water partition coefficient (Wildman–Crippen LogP) is 0.982. The van der Waals surface area contributed by atoms with E-state index in [2.05, 4.69) is 25.7 Å². The number of fused-ring (bicyclic) bond motifs is 1. The van der Waals surface area contributed by atoms with Crippen LogP contribution >= 0.6 is 0 Å². The number of aryl methyl sites for hydroxylation is 1. The molecule has 0 aliphatic carbocycles. The maximum absolute atomic E-state index is 11.8. The zero-order chi connectivity index (χ0) is 20.1. The lowest BCUT2D eigenvalue weighted by molar-refractivity contribution is 0.100. The number of nitrogens with two attached hydrogens (primary N) is 2. The van der Waals surface area contributed by atoms with Gasteiger partial charge in [-0.2, -0.15) is 10.1 Å². The zero-order valence-corrected chi connectivity index (χ0v) is 15.8. The summed E-state index contributed by atoms with van der Waals surface area (Å²) in [5.74, 6) is 0.0120. The Morgan fingerprint density at radius 2 is 2.18 bits per heavy atom. The number of carbonyl (C=O) groups excluding carboxylic acids is 1. The lowest BCUT2D eigenvalue weighted by Crippen LogP contribution is -2.34. The Morgan fingerprint density at radius 1 is 1.36 bits per heavy atom. The van der Waals surface area contributed by atoms with Crippen LogP contribution in [-0.4, -0.2) is 51.5 Å². The highest BCUT2D eigenvalue weighted by atomic mass is 16.5. The first-order chi connectivity index (χ1) is 13.5. The van der Waals surface area contributed by atoms with E-state index in [9.17, 15) is 4.79 Å². The summed E-state index contributed by atoms with van der Waals surface area (Å²) in [6.07, 6.45) is 3.13. The van der Waals surface area contributed by atoms with Crippen LogP contribution in [0.1, 0.15) is 17.3 Å². The SMILES string of the molecule is CCOCC(N)CNc1ncc(C(N)=O)c(Nc2cccc3c2cnn3C)n1. The Morgan fingerprint density at radius 3 is 2.93 bits per heavy atom. The molecular weight excluding hydrogens is 360 g/mol. The minimum Gasteiger partial charge on any atom is -0.380 e. The molecule has 3 aromatic rings. The number of hydrogen-bond acceptors (Lipinski definition) is 8. The molecule has 6 N–H and O–H groups in total. The molecule has 0 saturated heterocycles. The first-order valence-electron chi connectivity index (χ1n) is 8.91. The van der Waals surface area contributed by atoms with E-state index in [4.69, 9.17) is 16.2 Å². The Kier molecular flexibility index (Phi) is 6.02. The number of nitrogens with zero attached hydrogens (tertiary/aromatic N) is 4. The van der Waals surface area contributed by atoms with Gasteiger partial charge in [0, 0.05) is 37.8 Å². The third kappa shape index (κ3) is 4.35. The number of aromatic nitrogens is 4. The van der Waals surface area contributed by atoms with Crippen LogP contribution in [0.5, 0.6) is 0 Å². The minimum atomic E-state index is -0.625. The Hall–Kier alpha value is -3.24. The maximum atomic E-state index is 11.8. The third-order valence-electron chi connectivity index (χ3n) is 4.16. The van der Waals surface area contributed by atoms with E-state index < -0.39 is 5.91 Å². The van der Waals surface area contributed by atoms with E-state index in [1.165, 1.54) is 6.20 Å². The molecule has 0 radical (unpaired) electrons. The molecule has 0 fully saturated rings. The third-order valence-corrected chi connectivity index (χ3v) is 4.16. The second-order valence-corrected chi connectivity index (χ2v) is 6.25. The van der Waals surface area contributed by atoms with E-state index in [1.807, 2.05) is 32.2 Å². The summed E-state index contributed by atoms with van der Waals surface area (Å²) in [6, 6.07) is 5.51. The molecule has 0 saturated carbocycles. The lowest BCUT2D eigenvalue weighted by Gasteiger charge is -2.14. The van der Waals surface area contributed by atoms with Crippen LogP contribution in [0, 0.1) is 0 Å². The number of anilines is 3. The highest BCUT2D eigenvalue weighted by Gasteiger charge is 2.15. The molecular formula is C18H24N8O2. The van der Waals surface area contributed by atoms with Gasteiger partial charge >= 0.3 is 0 Å². The van der Waals surface area contributed by atoms with E-state index in [-0.39, 0.29) is 11.6 Å². The highest BCUT2D eigenvalue weighted by Crippen LogP contribution is 2.27. The molecule has 1 amide bonds. The van der Waals surface area contributed by atoms with Crippen LogP contribution in [0.15, 0.2) is 30.6 Å². The molecule has 0 spiro atoms. The van der Waals surface area contributed by atoms with Crippen LogP contribution in [-0.2, 0) is 11.8 Å². The van der Waals surface area contributed by atoms with Crippen molar-refractivity contribution < 1.29 is 9.53 Å². The average Bonchev–Trinajstić information content (AvgIpc) is 3.07. The summed E-state index contributed by atoms with van der Waals surface area (Å²) >= 11 is 0. The number of carbonyl (C=O) groups is 1. The summed E-state index contributed by atoms with van der Waals surface area (Å²) in [6.45, 7) is 3.36. The van der Waals surface area contributed by atoms with Gasteiger partial charge in [0.05, 0.1) is 24.0 Å². The number of ether oxygens (including phenoxy) is 1. The van der Waals surface area contributed by atoms with E-state index >= 15 is 0 Å². The van der Waals surface area contributed by atoms with Crippen molar-refractivity contribution in [1.82, 2.24) is 19.7 Å².